The molecule has 0 atom stereocenters. The van der Waals surface area contributed by atoms with Crippen LogP contribution in [0.2, 0.25) is 0 Å². The van der Waals surface area contributed by atoms with Gasteiger partial charge in [-0.2, -0.15) is 26.3 Å². The van der Waals surface area contributed by atoms with E-state index in [0.717, 1.165) is 6.26 Å². The lowest BCUT2D eigenvalue weighted by Crippen LogP contribution is -2.65. The van der Waals surface area contributed by atoms with Crippen molar-refractivity contribution in [1.82, 2.24) is 23.1 Å². The fraction of sp³-hybridized carbons (Fsp3) is 0.857. The summed E-state index contributed by atoms with van der Waals surface area (Å²) in [5.74, 6) is 0.688. The van der Waals surface area contributed by atoms with Crippen LogP contribution in [-0.2, 0) is 42.7 Å². The zero-order valence-corrected chi connectivity index (χ0v) is 17.5. The van der Waals surface area contributed by atoms with Gasteiger partial charge in [0.2, 0.25) is 10.0 Å². The molecule has 0 aromatic carbocycles. The van der Waals surface area contributed by atoms with Crippen molar-refractivity contribution >= 4 is 20.2 Å². The molecule has 2 saturated heterocycles. The number of hydrogen-bond acceptors (Lipinski definition) is 9. The van der Waals surface area contributed by atoms with E-state index in [0.29, 0.717) is 38.0 Å². The van der Waals surface area contributed by atoms with Crippen LogP contribution >= 0.6 is 0 Å². The Morgan fingerprint density at radius 2 is 1.86 bits per heavy atom. The van der Waals surface area contributed by atoms with Crippen LogP contribution < -0.4 is 0 Å². The Morgan fingerprint density at radius 1 is 1.18 bits per heavy atom. The van der Waals surface area contributed by atoms with Gasteiger partial charge < -0.3 is 14.0 Å². The van der Waals surface area contributed by atoms with Gasteiger partial charge in [-0.1, -0.05) is 5.16 Å². The lowest BCUT2D eigenvalue weighted by Gasteiger charge is -2.45. The van der Waals surface area contributed by atoms with Crippen LogP contribution in [0.1, 0.15) is 11.7 Å². The molecule has 3 rings (SSSR count). The maximum atomic E-state index is 12.6. The maximum absolute atomic E-state index is 12.6. The van der Waals surface area contributed by atoms with E-state index in [2.05, 4.69) is 10.1 Å². The molecule has 2 aliphatic rings. The van der Waals surface area contributed by atoms with Gasteiger partial charge in [-0.05, 0) is 0 Å². The van der Waals surface area contributed by atoms with Gasteiger partial charge in [0.05, 0.1) is 25.5 Å². The molecule has 0 spiro atoms. The number of aromatic nitrogens is 2. The standard InChI is InChI=1S/C14H25N5O7S2/c1-24-11-14-15-13(16-26-14)3-4-19(27(2,20)21)12-9-18(10-12)28(22,23)17-5-7-25-8-6-17/h12H,3-11H2,1-2H3. The molecular weight excluding hydrogens is 414 g/mol. The first-order chi connectivity index (χ1) is 13.2. The Labute approximate surface area is 164 Å². The first-order valence-corrected chi connectivity index (χ1v) is 12.1. The second kappa shape index (κ2) is 8.69. The Kier molecular flexibility index (Phi) is 6.69. The number of rotatable bonds is 9. The molecule has 28 heavy (non-hydrogen) atoms. The molecule has 3 heterocycles. The molecule has 0 radical (unpaired) electrons. The minimum absolute atomic E-state index is 0.119. The summed E-state index contributed by atoms with van der Waals surface area (Å²) >= 11 is 0. The van der Waals surface area contributed by atoms with Crippen LogP contribution in [0.25, 0.3) is 0 Å². The fourth-order valence-corrected chi connectivity index (χ4v) is 5.89. The number of hydrogen-bond donors (Lipinski definition) is 0. The molecule has 0 bridgehead atoms. The van der Waals surface area contributed by atoms with Gasteiger partial charge in [-0.15, -0.1) is 0 Å². The molecule has 0 unspecified atom stereocenters. The molecule has 12 nitrogen and oxygen atoms in total. The predicted octanol–water partition coefficient (Wildman–Crippen LogP) is -1.72. The zero-order valence-electron chi connectivity index (χ0n) is 15.9. The monoisotopic (exact) mass is 439 g/mol. The average Bonchev–Trinajstić information content (AvgIpc) is 3.04. The van der Waals surface area contributed by atoms with Crippen molar-refractivity contribution in [2.24, 2.45) is 0 Å². The van der Waals surface area contributed by atoms with Gasteiger partial charge in [-0.3, -0.25) is 0 Å². The van der Waals surface area contributed by atoms with Crippen molar-refractivity contribution in [2.75, 3.05) is 59.3 Å². The van der Waals surface area contributed by atoms with E-state index in [1.54, 1.807) is 0 Å². The molecule has 1 aromatic rings. The Hall–Kier alpha value is -1.16. The summed E-state index contributed by atoms with van der Waals surface area (Å²) in [6, 6.07) is -0.420. The molecule has 0 N–H and O–H groups in total. The van der Waals surface area contributed by atoms with Crippen molar-refractivity contribution in [2.45, 2.75) is 19.1 Å². The summed E-state index contributed by atoms with van der Waals surface area (Å²) < 4.78 is 68.7. The van der Waals surface area contributed by atoms with Crippen molar-refractivity contribution in [3.63, 3.8) is 0 Å². The van der Waals surface area contributed by atoms with Gasteiger partial charge in [0.1, 0.15) is 6.61 Å². The van der Waals surface area contributed by atoms with Gasteiger partial charge in [0.15, 0.2) is 5.82 Å². The third-order valence-electron chi connectivity index (χ3n) is 4.62. The summed E-state index contributed by atoms with van der Waals surface area (Å²) in [6.07, 6.45) is 1.37. The average molecular weight is 440 g/mol. The third-order valence-corrected chi connectivity index (χ3v) is 7.92. The number of sulfonamides is 1. The summed E-state index contributed by atoms with van der Waals surface area (Å²) in [5, 5.41) is 3.79. The molecule has 14 heteroatoms. The highest BCUT2D eigenvalue weighted by molar-refractivity contribution is 7.88. The SMILES string of the molecule is COCc1nc(CCN(C2CN(S(=O)(=O)N3CCOCC3)C2)S(C)(=O)=O)no1. The molecule has 0 aliphatic carbocycles. The van der Waals surface area contributed by atoms with Crippen LogP contribution in [0.4, 0.5) is 0 Å². The fourth-order valence-electron chi connectivity index (χ4n) is 3.13. The molecule has 1 aromatic heterocycles. The van der Waals surface area contributed by atoms with E-state index in [9.17, 15) is 16.8 Å². The highest BCUT2D eigenvalue weighted by Gasteiger charge is 2.44. The van der Waals surface area contributed by atoms with Crippen molar-refractivity contribution in [1.29, 1.82) is 0 Å². The minimum atomic E-state index is -3.60. The van der Waals surface area contributed by atoms with Crippen molar-refractivity contribution in [3.05, 3.63) is 11.7 Å². The Bertz CT molecular complexity index is 860. The van der Waals surface area contributed by atoms with E-state index >= 15 is 0 Å². The van der Waals surface area contributed by atoms with Crippen LogP contribution in [0.15, 0.2) is 4.52 Å². The highest BCUT2D eigenvalue weighted by atomic mass is 32.2. The zero-order chi connectivity index (χ0) is 20.4. The van der Waals surface area contributed by atoms with Gasteiger partial charge >= 0.3 is 0 Å². The lowest BCUT2D eigenvalue weighted by molar-refractivity contribution is 0.0652. The third kappa shape index (κ3) is 4.87. The molecular formula is C14H25N5O7S2. The Morgan fingerprint density at radius 3 is 2.46 bits per heavy atom. The molecule has 2 fully saturated rings. The normalized spacial score (nSPS) is 20.5. The first-order valence-electron chi connectivity index (χ1n) is 8.82. The second-order valence-corrected chi connectivity index (χ2v) is 10.5. The van der Waals surface area contributed by atoms with Crippen LogP contribution in [0.5, 0.6) is 0 Å². The minimum Gasteiger partial charge on any atom is -0.379 e. The van der Waals surface area contributed by atoms with Gasteiger partial charge in [0.25, 0.3) is 16.1 Å². The summed E-state index contributed by atoms with van der Waals surface area (Å²) in [7, 11) is -5.62. The lowest BCUT2D eigenvalue weighted by atomic mass is 10.2. The maximum Gasteiger partial charge on any atom is 0.282 e. The second-order valence-electron chi connectivity index (χ2n) is 6.65. The summed E-state index contributed by atoms with van der Waals surface area (Å²) in [5.41, 5.74) is 0. The van der Waals surface area contributed by atoms with E-state index in [4.69, 9.17) is 14.0 Å². The Balaban J connectivity index is 1.59. The number of ether oxygens (including phenoxy) is 2. The van der Waals surface area contributed by atoms with Gasteiger partial charge in [0, 0.05) is 46.3 Å². The largest absolute Gasteiger partial charge is 0.379 e. The predicted molar refractivity (Wildman–Crippen MR) is 96.9 cm³/mol. The van der Waals surface area contributed by atoms with Gasteiger partial charge in [-0.25, -0.2) is 8.42 Å². The summed E-state index contributed by atoms with van der Waals surface area (Å²) in [6.45, 7) is 1.90. The smallest absolute Gasteiger partial charge is 0.282 e. The topological polar surface area (TPSA) is 135 Å². The van der Waals surface area contributed by atoms with E-state index in [-0.39, 0.29) is 32.7 Å². The number of nitrogens with zero attached hydrogens (tertiary/aromatic N) is 5. The van der Waals surface area contributed by atoms with Crippen LogP contribution in [0.3, 0.4) is 0 Å². The van der Waals surface area contributed by atoms with Crippen LogP contribution in [-0.4, -0.2) is 105 Å². The quantitative estimate of drug-likeness (QED) is 0.440. The van der Waals surface area contributed by atoms with E-state index < -0.39 is 26.3 Å². The molecule has 2 aliphatic heterocycles. The van der Waals surface area contributed by atoms with Crippen molar-refractivity contribution in [3.8, 4) is 0 Å². The number of morpholine rings is 1. The first kappa shape index (κ1) is 21.5. The molecule has 0 saturated carbocycles. The van der Waals surface area contributed by atoms with Crippen LogP contribution in [0, 0.1) is 0 Å². The number of methoxy groups -OCH3 is 1. The van der Waals surface area contributed by atoms with Crippen molar-refractivity contribution < 1.29 is 30.8 Å². The van der Waals surface area contributed by atoms with E-state index in [1.165, 1.54) is 20.0 Å². The summed E-state index contributed by atoms with van der Waals surface area (Å²) in [4.78, 5) is 4.12. The molecule has 160 valence electrons. The highest BCUT2D eigenvalue weighted by Crippen LogP contribution is 2.24. The van der Waals surface area contributed by atoms with E-state index in [1.807, 2.05) is 0 Å². The molecule has 0 amide bonds.